The second kappa shape index (κ2) is 10.8. The van der Waals surface area contributed by atoms with Crippen LogP contribution in [0.15, 0.2) is 186 Å². The Morgan fingerprint density at radius 2 is 1.10 bits per heavy atom. The Morgan fingerprint density at radius 3 is 1.96 bits per heavy atom. The van der Waals surface area contributed by atoms with Crippen LogP contribution in [0.1, 0.15) is 5.48 Å². The molecule has 0 amide bonds. The number of nitrogens with zero attached hydrogens (tertiary/aromatic N) is 2. The number of hydrogen-bond donors (Lipinski definition) is 0. The molecule has 0 bridgehead atoms. The Hall–Kier alpha value is -6.84. The van der Waals surface area contributed by atoms with Crippen molar-refractivity contribution in [2.75, 3.05) is 0 Å². The van der Waals surface area contributed by atoms with Crippen LogP contribution in [-0.4, -0.2) is 9.13 Å². The van der Waals surface area contributed by atoms with Gasteiger partial charge in [-0.15, -0.1) is 0 Å². The Balaban J connectivity index is 1.18. The van der Waals surface area contributed by atoms with Crippen LogP contribution in [0.25, 0.3) is 99.2 Å². The van der Waals surface area contributed by atoms with Gasteiger partial charge in [-0.25, -0.2) is 0 Å². The molecule has 3 aromatic heterocycles. The van der Waals surface area contributed by atoms with Crippen molar-refractivity contribution in [3.63, 3.8) is 0 Å². The minimum atomic E-state index is -0.245. The number of furan rings is 1. The maximum Gasteiger partial charge on any atom is 0.145 e. The van der Waals surface area contributed by atoms with Crippen LogP contribution in [-0.2, 0) is 0 Å². The summed E-state index contributed by atoms with van der Waals surface area (Å²) in [5.41, 5.74) is 11.2. The molecule has 11 rings (SSSR count). The maximum atomic E-state index is 9.00. The summed E-state index contributed by atoms with van der Waals surface area (Å²) in [7, 11) is 0. The standard InChI is InChI=1S/C48H30N2O/c1-2-13-31(14-3-1)32-15-12-16-33(29-32)35-26-28-45(47-39-20-7-11-24-46(39)51-48(35)47)50-43-23-10-6-19-38(43)40-30-34(25-27-44(40)50)49-41-21-8-4-17-36(41)37-18-5-9-22-42(37)49/h1-30H/i4D,8D,17D,21D. The molecule has 8 aromatic carbocycles. The first kappa shape index (κ1) is 24.3. The van der Waals surface area contributed by atoms with E-state index in [2.05, 4.69) is 120 Å². The van der Waals surface area contributed by atoms with Gasteiger partial charge in [0, 0.05) is 38.2 Å². The summed E-state index contributed by atoms with van der Waals surface area (Å²) in [6.07, 6.45) is 0. The second-order valence-corrected chi connectivity index (χ2v) is 13.0. The molecule has 11 aromatic rings. The van der Waals surface area contributed by atoms with Crippen LogP contribution in [0.4, 0.5) is 0 Å². The van der Waals surface area contributed by atoms with Crippen molar-refractivity contribution in [2.45, 2.75) is 0 Å². The fourth-order valence-corrected chi connectivity index (χ4v) is 8.02. The summed E-state index contributed by atoms with van der Waals surface area (Å²) in [4.78, 5) is 0. The molecule has 0 saturated heterocycles. The van der Waals surface area contributed by atoms with Gasteiger partial charge < -0.3 is 13.6 Å². The molecule has 0 N–H and O–H groups in total. The lowest BCUT2D eigenvalue weighted by atomic mass is 9.97. The van der Waals surface area contributed by atoms with Gasteiger partial charge in [-0.05, 0) is 77.3 Å². The van der Waals surface area contributed by atoms with Gasteiger partial charge in [-0.1, -0.05) is 121 Å². The SMILES string of the molecule is [2H]c1c([2H])c([2H])c2c(c1[2H])c1ccccc1n2-c1ccc2c(c1)c1ccccc1n2-c1ccc(-c2cccc(-c3ccccc3)c2)c2oc3ccccc3c12. The predicted octanol–water partition coefficient (Wildman–Crippen LogP) is 13.1. The fourth-order valence-electron chi connectivity index (χ4n) is 8.02. The van der Waals surface area contributed by atoms with Gasteiger partial charge in [0.15, 0.2) is 0 Å². The number of aromatic nitrogens is 2. The van der Waals surface area contributed by atoms with Crippen LogP contribution in [0.5, 0.6) is 0 Å². The third kappa shape index (κ3) is 4.12. The van der Waals surface area contributed by atoms with E-state index in [1.54, 1.807) is 0 Å². The van der Waals surface area contributed by atoms with Crippen molar-refractivity contribution in [3.05, 3.63) is 182 Å². The van der Waals surface area contributed by atoms with E-state index < -0.39 is 0 Å². The lowest BCUT2D eigenvalue weighted by Gasteiger charge is -2.13. The molecule has 0 aliphatic rings. The zero-order valence-electron chi connectivity index (χ0n) is 31.3. The quantitative estimate of drug-likeness (QED) is 0.185. The van der Waals surface area contributed by atoms with Gasteiger partial charge in [-0.2, -0.15) is 0 Å². The minimum Gasteiger partial charge on any atom is -0.455 e. The van der Waals surface area contributed by atoms with Gasteiger partial charge in [0.2, 0.25) is 0 Å². The molecular weight excluding hydrogens is 621 g/mol. The van der Waals surface area contributed by atoms with Crippen LogP contribution < -0.4 is 0 Å². The number of para-hydroxylation sites is 4. The molecule has 3 heterocycles. The molecule has 0 fully saturated rings. The lowest BCUT2D eigenvalue weighted by Crippen LogP contribution is -1.97. The first-order chi connectivity index (χ1) is 27.0. The summed E-state index contributed by atoms with van der Waals surface area (Å²) in [5.74, 6) is 0. The molecule has 3 nitrogen and oxygen atoms in total. The molecule has 0 radical (unpaired) electrons. The van der Waals surface area contributed by atoms with E-state index in [0.29, 0.717) is 10.9 Å². The van der Waals surface area contributed by atoms with E-state index in [9.17, 15) is 0 Å². The molecule has 0 atom stereocenters. The van der Waals surface area contributed by atoms with E-state index in [0.717, 1.165) is 88.3 Å². The number of benzene rings is 8. The normalized spacial score (nSPS) is 13.0. The highest BCUT2D eigenvalue weighted by atomic mass is 16.3. The van der Waals surface area contributed by atoms with Crippen LogP contribution in [0.3, 0.4) is 0 Å². The molecule has 0 aliphatic heterocycles. The molecule has 0 aliphatic carbocycles. The van der Waals surface area contributed by atoms with Crippen LogP contribution in [0, 0.1) is 0 Å². The largest absolute Gasteiger partial charge is 0.455 e. The van der Waals surface area contributed by atoms with Crippen molar-refractivity contribution < 1.29 is 9.90 Å². The smallest absolute Gasteiger partial charge is 0.145 e. The van der Waals surface area contributed by atoms with Gasteiger partial charge in [-0.3, -0.25) is 0 Å². The van der Waals surface area contributed by atoms with Gasteiger partial charge in [0.1, 0.15) is 11.2 Å². The lowest BCUT2D eigenvalue weighted by molar-refractivity contribution is 0.670. The third-order valence-electron chi connectivity index (χ3n) is 10.2. The topological polar surface area (TPSA) is 23.0 Å². The first-order valence-electron chi connectivity index (χ1n) is 19.1. The van der Waals surface area contributed by atoms with Crippen LogP contribution in [0.2, 0.25) is 0 Å². The summed E-state index contributed by atoms with van der Waals surface area (Å²) >= 11 is 0. The monoisotopic (exact) mass is 654 g/mol. The Bertz CT molecular complexity index is 3370. The Labute approximate surface area is 299 Å². The summed E-state index contributed by atoms with van der Waals surface area (Å²) in [6, 6.07) is 53.6. The first-order valence-corrected chi connectivity index (χ1v) is 17.1. The van der Waals surface area contributed by atoms with E-state index in [1.165, 1.54) is 0 Å². The fraction of sp³-hybridized carbons (Fsp3) is 0. The zero-order valence-corrected chi connectivity index (χ0v) is 27.3. The van der Waals surface area contributed by atoms with Crippen molar-refractivity contribution in [3.8, 4) is 33.6 Å². The average Bonchev–Trinajstić information content (AvgIpc) is 3.90. The average molecular weight is 655 g/mol. The summed E-state index contributed by atoms with van der Waals surface area (Å²) in [5, 5.41) is 5.48. The Morgan fingerprint density at radius 1 is 0.431 bits per heavy atom. The van der Waals surface area contributed by atoms with E-state index >= 15 is 0 Å². The summed E-state index contributed by atoms with van der Waals surface area (Å²) < 4.78 is 45.9. The van der Waals surface area contributed by atoms with Crippen molar-refractivity contribution in [1.29, 1.82) is 0 Å². The summed E-state index contributed by atoms with van der Waals surface area (Å²) in [6.45, 7) is 0. The number of hydrogen-bond acceptors (Lipinski definition) is 1. The molecule has 3 heteroatoms. The third-order valence-corrected chi connectivity index (χ3v) is 10.2. The van der Waals surface area contributed by atoms with E-state index in [1.807, 2.05) is 47.0 Å². The molecule has 51 heavy (non-hydrogen) atoms. The van der Waals surface area contributed by atoms with Crippen molar-refractivity contribution >= 4 is 65.6 Å². The van der Waals surface area contributed by atoms with Crippen molar-refractivity contribution in [1.82, 2.24) is 9.13 Å². The molecule has 0 spiro atoms. The van der Waals surface area contributed by atoms with Gasteiger partial charge >= 0.3 is 0 Å². The van der Waals surface area contributed by atoms with Gasteiger partial charge in [0.05, 0.1) is 38.6 Å². The van der Waals surface area contributed by atoms with Crippen molar-refractivity contribution in [2.24, 2.45) is 0 Å². The van der Waals surface area contributed by atoms with E-state index in [4.69, 9.17) is 9.90 Å². The minimum absolute atomic E-state index is 0.0322. The highest BCUT2D eigenvalue weighted by Gasteiger charge is 2.21. The highest BCUT2D eigenvalue weighted by molar-refractivity contribution is 6.17. The predicted molar refractivity (Wildman–Crippen MR) is 213 cm³/mol. The molecule has 0 saturated carbocycles. The maximum absolute atomic E-state index is 9.00. The van der Waals surface area contributed by atoms with E-state index in [-0.39, 0.29) is 24.2 Å². The molecular formula is C48H30N2O. The van der Waals surface area contributed by atoms with Crippen LogP contribution >= 0.6 is 0 Å². The van der Waals surface area contributed by atoms with Gasteiger partial charge in [0.25, 0.3) is 0 Å². The zero-order chi connectivity index (χ0) is 36.9. The number of rotatable bonds is 4. The second-order valence-electron chi connectivity index (χ2n) is 13.0. The highest BCUT2D eigenvalue weighted by Crippen LogP contribution is 2.43. The molecule has 238 valence electrons. The Kier molecular flexibility index (Phi) is 5.16. The number of fused-ring (bicyclic) bond motifs is 9. The molecule has 0 unspecified atom stereocenters.